The van der Waals surface area contributed by atoms with Crippen molar-refractivity contribution in [3.63, 3.8) is 0 Å². The number of carbonyl (C=O) groups excluding carboxylic acids is 4. The van der Waals surface area contributed by atoms with Crippen molar-refractivity contribution in [2.24, 2.45) is 5.92 Å². The number of fused-ring (bicyclic) bond motifs is 3. The third kappa shape index (κ3) is 8.16. The predicted molar refractivity (Wildman–Crippen MR) is 195 cm³/mol. The van der Waals surface area contributed by atoms with Gasteiger partial charge in [-0.05, 0) is 65.5 Å². The second kappa shape index (κ2) is 15.2. The number of nitrogens with one attached hydrogen (secondary N) is 2. The Bertz CT molecular complexity index is 1840. The number of hydrogen-bond acceptors (Lipinski definition) is 9. The average molecular weight is 713 g/mol. The van der Waals surface area contributed by atoms with Gasteiger partial charge in [-0.3, -0.25) is 9.59 Å². The molecule has 1 aliphatic carbocycles. The average Bonchev–Trinajstić information content (AvgIpc) is 3.64. The van der Waals surface area contributed by atoms with Crippen molar-refractivity contribution in [1.82, 2.24) is 20.5 Å². The van der Waals surface area contributed by atoms with Gasteiger partial charge in [0.15, 0.2) is 0 Å². The third-order valence-corrected chi connectivity index (χ3v) is 9.66. The maximum atomic E-state index is 14.5. The first-order valence-electron chi connectivity index (χ1n) is 18.1. The lowest BCUT2D eigenvalue weighted by molar-refractivity contribution is -0.150. The molecule has 12 heteroatoms. The molecule has 0 radical (unpaired) electrons. The van der Waals surface area contributed by atoms with Crippen LogP contribution in [0, 0.1) is 5.92 Å². The molecule has 3 heterocycles. The molecule has 1 saturated heterocycles. The number of pyridine rings is 1. The molecular formula is C40H48N4O8. The number of nitrogens with zero attached hydrogens (tertiary/aromatic N) is 2. The third-order valence-electron chi connectivity index (χ3n) is 9.66. The van der Waals surface area contributed by atoms with Crippen LogP contribution >= 0.6 is 0 Å². The lowest BCUT2D eigenvalue weighted by atomic mass is 10.0. The monoisotopic (exact) mass is 712 g/mol. The van der Waals surface area contributed by atoms with Gasteiger partial charge in [0.1, 0.15) is 40.8 Å². The number of rotatable bonds is 7. The largest absolute Gasteiger partial charge is 0.497 e. The van der Waals surface area contributed by atoms with Crippen molar-refractivity contribution >= 4 is 34.8 Å². The number of carbonyl (C=O) groups is 4. The van der Waals surface area contributed by atoms with Crippen LogP contribution in [0.4, 0.5) is 4.79 Å². The molecule has 1 saturated carbocycles. The summed E-state index contributed by atoms with van der Waals surface area (Å²) in [5.41, 5.74) is 0.260. The molecule has 2 N–H and O–H groups in total. The van der Waals surface area contributed by atoms with Gasteiger partial charge in [-0.25, -0.2) is 14.6 Å². The van der Waals surface area contributed by atoms with Gasteiger partial charge in [-0.1, -0.05) is 48.9 Å². The van der Waals surface area contributed by atoms with E-state index in [-0.39, 0.29) is 25.5 Å². The first kappa shape index (κ1) is 36.7. The molecular weight excluding hydrogens is 664 g/mol. The Hall–Kier alpha value is -5.13. The maximum absolute atomic E-state index is 14.5. The highest BCUT2D eigenvalue weighted by molar-refractivity contribution is 5.97. The molecule has 6 rings (SSSR count). The standard InChI is InChI=1S/C40H48N4O8/c1-6-50-37(47)40-23-26(40)16-12-7-8-13-17-30(42-38(48)52-39(2,3)4)36(46)44-24-28(21-33(44)35(45)43-40)51-34-22-31(25-14-10-9-11-15-25)41-32-20-27(49-5)18-19-29(32)34/h9-12,14-16,18-20,22,26,28,30,33H,6-8,13,17,21,23-24H2,1-5H3,(H,42,48)(H,43,45)/b16-12-/t26-,28-,30+,33+,40-/m1/s1. The highest BCUT2D eigenvalue weighted by atomic mass is 16.6. The Morgan fingerprint density at radius 1 is 1.08 bits per heavy atom. The van der Waals surface area contributed by atoms with E-state index in [1.807, 2.05) is 66.7 Å². The van der Waals surface area contributed by atoms with Gasteiger partial charge < -0.3 is 34.5 Å². The van der Waals surface area contributed by atoms with Crippen molar-refractivity contribution in [2.45, 2.75) is 95.5 Å². The van der Waals surface area contributed by atoms with Crippen LogP contribution in [0.1, 0.15) is 66.2 Å². The van der Waals surface area contributed by atoms with E-state index in [0.717, 1.165) is 23.8 Å². The summed E-state index contributed by atoms with van der Waals surface area (Å²) in [6, 6.07) is 15.2. The number of esters is 1. The number of amides is 3. The van der Waals surface area contributed by atoms with Gasteiger partial charge in [-0.15, -0.1) is 0 Å². The van der Waals surface area contributed by atoms with E-state index >= 15 is 0 Å². The molecule has 2 aromatic carbocycles. The second-order valence-corrected chi connectivity index (χ2v) is 14.6. The molecule has 0 spiro atoms. The first-order valence-corrected chi connectivity index (χ1v) is 18.1. The van der Waals surface area contributed by atoms with Crippen LogP contribution in [0.3, 0.4) is 0 Å². The van der Waals surface area contributed by atoms with E-state index in [0.29, 0.717) is 42.0 Å². The van der Waals surface area contributed by atoms with Crippen LogP contribution in [0.5, 0.6) is 11.5 Å². The molecule has 52 heavy (non-hydrogen) atoms. The summed E-state index contributed by atoms with van der Waals surface area (Å²) in [4.78, 5) is 61.3. The van der Waals surface area contributed by atoms with Crippen LogP contribution in [0.2, 0.25) is 0 Å². The molecule has 3 aliphatic rings. The van der Waals surface area contributed by atoms with Gasteiger partial charge in [0.25, 0.3) is 0 Å². The second-order valence-electron chi connectivity index (χ2n) is 14.6. The number of hydrogen-bond donors (Lipinski definition) is 2. The van der Waals surface area contributed by atoms with E-state index < -0.39 is 53.2 Å². The number of benzene rings is 2. The molecule has 5 atom stereocenters. The Balaban J connectivity index is 1.35. The van der Waals surface area contributed by atoms with E-state index in [1.54, 1.807) is 34.8 Å². The summed E-state index contributed by atoms with van der Waals surface area (Å²) in [5, 5.41) is 6.51. The van der Waals surface area contributed by atoms with Crippen molar-refractivity contribution < 1.29 is 38.1 Å². The summed E-state index contributed by atoms with van der Waals surface area (Å²) in [6.45, 7) is 7.23. The lowest BCUT2D eigenvalue weighted by Gasteiger charge is -2.30. The lowest BCUT2D eigenvalue weighted by Crippen LogP contribution is -2.56. The number of methoxy groups -OCH3 is 1. The minimum absolute atomic E-state index is 0.0692. The van der Waals surface area contributed by atoms with E-state index in [9.17, 15) is 19.2 Å². The zero-order valence-electron chi connectivity index (χ0n) is 30.5. The zero-order valence-corrected chi connectivity index (χ0v) is 30.5. The fourth-order valence-electron chi connectivity index (χ4n) is 7.00. The molecule has 0 bridgehead atoms. The van der Waals surface area contributed by atoms with Crippen LogP contribution in [-0.2, 0) is 23.9 Å². The normalized spacial score (nSPS) is 25.5. The number of aromatic nitrogens is 1. The van der Waals surface area contributed by atoms with Crippen LogP contribution in [0.25, 0.3) is 22.2 Å². The topological polar surface area (TPSA) is 145 Å². The highest BCUT2D eigenvalue weighted by Crippen LogP contribution is 2.46. The fourth-order valence-corrected chi connectivity index (χ4v) is 7.00. The van der Waals surface area contributed by atoms with E-state index in [1.165, 1.54) is 4.90 Å². The quantitative estimate of drug-likeness (QED) is 0.232. The minimum Gasteiger partial charge on any atom is -0.497 e. The van der Waals surface area contributed by atoms with E-state index in [2.05, 4.69) is 10.6 Å². The van der Waals surface area contributed by atoms with Crippen LogP contribution in [0.15, 0.2) is 66.7 Å². The molecule has 0 unspecified atom stereocenters. The summed E-state index contributed by atoms with van der Waals surface area (Å²) in [5.74, 6) is -0.432. The maximum Gasteiger partial charge on any atom is 0.408 e. The molecule has 3 amide bonds. The van der Waals surface area contributed by atoms with Crippen molar-refractivity contribution in [3.8, 4) is 22.8 Å². The Morgan fingerprint density at radius 2 is 1.87 bits per heavy atom. The molecule has 1 aromatic heterocycles. The van der Waals surface area contributed by atoms with Crippen molar-refractivity contribution in [1.29, 1.82) is 0 Å². The van der Waals surface area contributed by atoms with Gasteiger partial charge in [-0.2, -0.15) is 0 Å². The summed E-state index contributed by atoms with van der Waals surface area (Å²) in [6.07, 6.45) is 5.69. The van der Waals surface area contributed by atoms with Crippen LogP contribution < -0.4 is 20.1 Å². The Morgan fingerprint density at radius 3 is 2.60 bits per heavy atom. The Labute approximate surface area is 304 Å². The number of alkyl carbamates (subject to hydrolysis) is 1. The summed E-state index contributed by atoms with van der Waals surface area (Å²) in [7, 11) is 1.59. The van der Waals surface area contributed by atoms with Crippen molar-refractivity contribution in [3.05, 3.63) is 66.7 Å². The molecule has 3 aromatic rings. The Kier molecular flexibility index (Phi) is 10.7. The summed E-state index contributed by atoms with van der Waals surface area (Å²) < 4.78 is 23.1. The number of allylic oxidation sites excluding steroid dienone is 1. The van der Waals surface area contributed by atoms with Gasteiger partial charge in [0, 0.05) is 35.4 Å². The SMILES string of the molecule is CCOC(=O)[C@@]12C[C@H]1/C=C\CCCC[C@H](NC(=O)OC(C)(C)C)C(=O)N1C[C@H](Oc3cc(-c4ccccc4)nc4cc(OC)ccc34)C[C@H]1C(=O)N2. The van der Waals surface area contributed by atoms with Gasteiger partial charge in [0.05, 0.1) is 31.5 Å². The van der Waals surface area contributed by atoms with Crippen LogP contribution in [-0.4, -0.2) is 83.3 Å². The molecule has 276 valence electrons. The summed E-state index contributed by atoms with van der Waals surface area (Å²) >= 11 is 0. The fraction of sp³-hybridized carbons (Fsp3) is 0.475. The zero-order chi connectivity index (χ0) is 37.0. The van der Waals surface area contributed by atoms with E-state index in [4.69, 9.17) is 23.9 Å². The molecule has 2 aliphatic heterocycles. The first-order chi connectivity index (χ1) is 24.9. The van der Waals surface area contributed by atoms with Gasteiger partial charge >= 0.3 is 12.1 Å². The smallest absolute Gasteiger partial charge is 0.408 e. The minimum atomic E-state index is -1.21. The predicted octanol–water partition coefficient (Wildman–Crippen LogP) is 5.72. The van der Waals surface area contributed by atoms with Crippen molar-refractivity contribution in [2.75, 3.05) is 20.3 Å². The highest BCUT2D eigenvalue weighted by Gasteiger charge is 2.62. The number of ether oxygens (including phenoxy) is 4. The van der Waals surface area contributed by atoms with Gasteiger partial charge in [0.2, 0.25) is 11.8 Å². The molecule has 12 nitrogen and oxygen atoms in total. The molecule has 2 fully saturated rings.